The molecule has 30 heavy (non-hydrogen) atoms. The highest BCUT2D eigenvalue weighted by molar-refractivity contribution is 7.80. The van der Waals surface area contributed by atoms with Crippen LogP contribution in [0.25, 0.3) is 10.9 Å². The number of aromatic nitrogens is 1. The molecule has 1 heterocycles. The number of hydrogen-bond donors (Lipinski definition) is 3. The number of nitrogens with zero attached hydrogens (tertiary/aromatic N) is 1. The molecular weight excluding hydrogens is 402 g/mol. The van der Waals surface area contributed by atoms with E-state index in [2.05, 4.69) is 5.32 Å². The van der Waals surface area contributed by atoms with Crippen LogP contribution in [0, 0.1) is 0 Å². The Balaban J connectivity index is 1.92. The Morgan fingerprint density at radius 2 is 1.80 bits per heavy atom. The standard InChI is InChI=1S/C22H23N3O4S/c1-22(2,3)29-21(28)24-16-8-9-17-15(10-16)11-18(20(26)27)25(17)12-13-4-6-14(7-5-13)19(23)30/h4-11H,12H2,1-3H3,(H2,23,30)(H,24,28)(H,26,27). The maximum absolute atomic E-state index is 12.0. The van der Waals surface area contributed by atoms with Crippen LogP contribution >= 0.6 is 12.2 Å². The van der Waals surface area contributed by atoms with Crippen molar-refractivity contribution >= 4 is 45.9 Å². The Morgan fingerprint density at radius 1 is 1.13 bits per heavy atom. The average molecular weight is 426 g/mol. The van der Waals surface area contributed by atoms with Crippen LogP contribution in [0.15, 0.2) is 48.5 Å². The number of benzene rings is 2. The fraction of sp³-hybridized carbons (Fsp3) is 0.227. The predicted octanol–water partition coefficient (Wildman–Crippen LogP) is 4.37. The van der Waals surface area contributed by atoms with Crippen molar-refractivity contribution in [2.75, 3.05) is 5.32 Å². The second-order valence-corrected chi connectivity index (χ2v) is 8.32. The Kier molecular flexibility index (Phi) is 5.80. The summed E-state index contributed by atoms with van der Waals surface area (Å²) in [6.07, 6.45) is -0.572. The van der Waals surface area contributed by atoms with Gasteiger partial charge in [0.2, 0.25) is 0 Å². The molecule has 0 bridgehead atoms. The molecule has 4 N–H and O–H groups in total. The smallest absolute Gasteiger partial charge is 0.412 e. The summed E-state index contributed by atoms with van der Waals surface area (Å²) < 4.78 is 6.97. The van der Waals surface area contributed by atoms with Crippen molar-refractivity contribution in [3.05, 3.63) is 65.4 Å². The largest absolute Gasteiger partial charge is 0.477 e. The molecular formula is C22H23N3O4S. The molecule has 3 aromatic rings. The van der Waals surface area contributed by atoms with Crippen LogP contribution in [0.1, 0.15) is 42.4 Å². The summed E-state index contributed by atoms with van der Waals surface area (Å²) in [5, 5.41) is 13.0. The van der Waals surface area contributed by atoms with E-state index in [1.165, 1.54) is 0 Å². The van der Waals surface area contributed by atoms with Crippen molar-refractivity contribution in [2.45, 2.75) is 32.9 Å². The van der Waals surface area contributed by atoms with Gasteiger partial charge in [-0.05, 0) is 50.6 Å². The molecule has 0 aliphatic heterocycles. The highest BCUT2D eigenvalue weighted by Crippen LogP contribution is 2.25. The number of fused-ring (bicyclic) bond motifs is 1. The van der Waals surface area contributed by atoms with Gasteiger partial charge in [-0.2, -0.15) is 0 Å². The molecule has 0 aliphatic rings. The van der Waals surface area contributed by atoms with Crippen molar-refractivity contribution in [2.24, 2.45) is 5.73 Å². The monoisotopic (exact) mass is 425 g/mol. The number of carbonyl (C=O) groups excluding carboxylic acids is 1. The fourth-order valence-electron chi connectivity index (χ4n) is 3.07. The number of hydrogen-bond acceptors (Lipinski definition) is 4. The highest BCUT2D eigenvalue weighted by atomic mass is 32.1. The van der Waals surface area contributed by atoms with Gasteiger partial charge < -0.3 is 20.1 Å². The van der Waals surface area contributed by atoms with E-state index < -0.39 is 17.7 Å². The summed E-state index contributed by atoms with van der Waals surface area (Å²) in [7, 11) is 0. The van der Waals surface area contributed by atoms with Crippen LogP contribution < -0.4 is 11.1 Å². The molecule has 0 saturated carbocycles. The molecule has 0 unspecified atom stereocenters. The summed E-state index contributed by atoms with van der Waals surface area (Å²) in [5.74, 6) is -1.03. The van der Waals surface area contributed by atoms with E-state index in [0.717, 1.165) is 16.6 Å². The number of thiocarbonyl (C=S) groups is 1. The molecule has 1 aromatic heterocycles. The van der Waals surface area contributed by atoms with Crippen molar-refractivity contribution in [1.82, 2.24) is 4.57 Å². The Hall–Kier alpha value is -3.39. The second kappa shape index (κ2) is 8.16. The van der Waals surface area contributed by atoms with E-state index in [1.807, 2.05) is 24.3 Å². The summed E-state index contributed by atoms with van der Waals surface area (Å²) >= 11 is 4.97. The molecule has 0 saturated heterocycles. The number of nitrogens with two attached hydrogens (primary N) is 1. The van der Waals surface area contributed by atoms with E-state index in [4.69, 9.17) is 22.7 Å². The first-order chi connectivity index (χ1) is 14.0. The maximum Gasteiger partial charge on any atom is 0.412 e. The molecule has 0 radical (unpaired) electrons. The van der Waals surface area contributed by atoms with Crippen molar-refractivity contribution in [3.8, 4) is 0 Å². The van der Waals surface area contributed by atoms with Gasteiger partial charge in [0, 0.05) is 28.7 Å². The number of nitrogens with one attached hydrogen (secondary N) is 1. The topological polar surface area (TPSA) is 107 Å². The SMILES string of the molecule is CC(C)(C)OC(=O)Nc1ccc2c(c1)cc(C(=O)O)n2Cc1ccc(C(N)=S)cc1. The van der Waals surface area contributed by atoms with Crippen molar-refractivity contribution < 1.29 is 19.4 Å². The van der Waals surface area contributed by atoms with E-state index >= 15 is 0 Å². The Morgan fingerprint density at radius 3 is 2.37 bits per heavy atom. The van der Waals surface area contributed by atoms with Crippen molar-refractivity contribution in [1.29, 1.82) is 0 Å². The van der Waals surface area contributed by atoms with Gasteiger partial charge in [-0.3, -0.25) is 5.32 Å². The molecule has 156 valence electrons. The molecule has 0 aliphatic carbocycles. The lowest BCUT2D eigenvalue weighted by Gasteiger charge is -2.19. The minimum Gasteiger partial charge on any atom is -0.477 e. The number of carbonyl (C=O) groups is 2. The summed E-state index contributed by atoms with van der Waals surface area (Å²) in [4.78, 5) is 24.1. The van der Waals surface area contributed by atoms with Gasteiger partial charge in [0.05, 0.1) is 0 Å². The number of carboxylic acid groups (broad SMARTS) is 1. The summed E-state index contributed by atoms with van der Waals surface area (Å²) in [5.41, 5.74) is 8.08. The zero-order valence-corrected chi connectivity index (χ0v) is 17.7. The fourth-order valence-corrected chi connectivity index (χ4v) is 3.21. The van der Waals surface area contributed by atoms with E-state index in [-0.39, 0.29) is 5.69 Å². The lowest BCUT2D eigenvalue weighted by atomic mass is 10.1. The minimum absolute atomic E-state index is 0.151. The van der Waals surface area contributed by atoms with Gasteiger partial charge in [0.25, 0.3) is 0 Å². The number of amides is 1. The average Bonchev–Trinajstić information content (AvgIpc) is 2.98. The lowest BCUT2D eigenvalue weighted by molar-refractivity contribution is 0.0633. The third-order valence-corrected chi connectivity index (χ3v) is 4.58. The van der Waals surface area contributed by atoms with E-state index in [1.54, 1.807) is 49.6 Å². The second-order valence-electron chi connectivity index (χ2n) is 7.88. The van der Waals surface area contributed by atoms with Crippen molar-refractivity contribution in [3.63, 3.8) is 0 Å². The number of rotatable bonds is 5. The molecule has 0 atom stereocenters. The van der Waals surface area contributed by atoms with E-state index in [9.17, 15) is 14.7 Å². The molecule has 0 spiro atoms. The number of anilines is 1. The highest BCUT2D eigenvalue weighted by Gasteiger charge is 2.18. The summed E-state index contributed by atoms with van der Waals surface area (Å²) in [6.45, 7) is 5.70. The van der Waals surface area contributed by atoms with Crippen LogP contribution in [-0.4, -0.2) is 32.3 Å². The minimum atomic E-state index is -1.03. The number of aromatic carboxylic acids is 1. The molecule has 0 fully saturated rings. The first-order valence-electron chi connectivity index (χ1n) is 9.29. The van der Waals surface area contributed by atoms with Crippen LogP contribution in [0.5, 0.6) is 0 Å². The van der Waals surface area contributed by atoms with Crippen LogP contribution in [0.3, 0.4) is 0 Å². The lowest BCUT2D eigenvalue weighted by Crippen LogP contribution is -2.27. The Labute approximate surface area is 179 Å². The zero-order valence-electron chi connectivity index (χ0n) is 16.9. The van der Waals surface area contributed by atoms with Gasteiger partial charge >= 0.3 is 12.1 Å². The summed E-state index contributed by atoms with van der Waals surface area (Å²) in [6, 6.07) is 14.1. The molecule has 3 rings (SSSR count). The first-order valence-corrected chi connectivity index (χ1v) is 9.69. The van der Waals surface area contributed by atoms with Gasteiger partial charge in [0.15, 0.2) is 0 Å². The van der Waals surface area contributed by atoms with Crippen LogP contribution in [0.4, 0.5) is 10.5 Å². The Bertz CT molecular complexity index is 1130. The number of ether oxygens (including phenoxy) is 1. The third-order valence-electron chi connectivity index (χ3n) is 4.34. The van der Waals surface area contributed by atoms with Crippen LogP contribution in [0.2, 0.25) is 0 Å². The normalized spacial score (nSPS) is 11.3. The maximum atomic E-state index is 12.0. The molecule has 8 heteroatoms. The third kappa shape index (κ3) is 4.96. The van der Waals surface area contributed by atoms with Gasteiger partial charge in [-0.25, -0.2) is 9.59 Å². The molecule has 2 aromatic carbocycles. The first kappa shape index (κ1) is 21.3. The van der Waals surface area contributed by atoms with Crippen LogP contribution in [-0.2, 0) is 11.3 Å². The van der Waals surface area contributed by atoms with Gasteiger partial charge in [-0.15, -0.1) is 0 Å². The van der Waals surface area contributed by atoms with Gasteiger partial charge in [-0.1, -0.05) is 36.5 Å². The zero-order chi connectivity index (χ0) is 22.1. The molecule has 1 amide bonds. The van der Waals surface area contributed by atoms with Gasteiger partial charge in [0.1, 0.15) is 16.3 Å². The number of carboxylic acids is 1. The quantitative estimate of drug-likeness (QED) is 0.524. The molecule has 7 nitrogen and oxygen atoms in total. The van der Waals surface area contributed by atoms with E-state index in [0.29, 0.717) is 22.6 Å². The predicted molar refractivity (Wildman–Crippen MR) is 120 cm³/mol.